The minimum Gasteiger partial charge on any atom is -0.545 e. The van der Waals surface area contributed by atoms with Gasteiger partial charge in [-0.15, -0.1) is 0 Å². The number of hydrogen-bond acceptors (Lipinski definition) is 2. The van der Waals surface area contributed by atoms with Crippen molar-refractivity contribution < 1.29 is 41.7 Å². The molecule has 0 saturated carbocycles. The van der Waals surface area contributed by atoms with E-state index >= 15 is 0 Å². The largest absolute Gasteiger partial charge is 1.00 e. The summed E-state index contributed by atoms with van der Waals surface area (Å²) in [5.41, 5.74) is 0.0648. The molecular weight excluding hydrogens is 155 g/mol. The molecule has 0 fully saturated rings. The van der Waals surface area contributed by atoms with E-state index < -0.39 is 13.5 Å². The topological polar surface area (TPSA) is 40.1 Å². The Kier molecular flexibility index (Phi) is 14.9. The minimum absolute atomic E-state index is 0. The molecule has 0 spiro atoms. The van der Waals surface area contributed by atoms with Gasteiger partial charge in [-0.3, -0.25) is 12.9 Å². The van der Waals surface area contributed by atoms with Gasteiger partial charge < -0.3 is 9.90 Å². The van der Waals surface area contributed by atoms with Crippen molar-refractivity contribution in [1.82, 2.24) is 0 Å². The van der Waals surface area contributed by atoms with Crippen LogP contribution in [0, 0.1) is 0 Å². The van der Waals surface area contributed by atoms with Crippen molar-refractivity contribution in [3.63, 3.8) is 0 Å². The maximum absolute atomic E-state index is 9.67. The van der Waals surface area contributed by atoms with Gasteiger partial charge in [0.2, 0.25) is 0 Å². The van der Waals surface area contributed by atoms with E-state index in [0.29, 0.717) is 0 Å². The molecule has 0 radical (unpaired) electrons. The Morgan fingerprint density at radius 2 is 1.55 bits per heavy atom. The predicted molar refractivity (Wildman–Crippen MR) is 28.9 cm³/mol. The van der Waals surface area contributed by atoms with Gasteiger partial charge in [-0.1, -0.05) is 6.58 Å². The van der Waals surface area contributed by atoms with Crippen molar-refractivity contribution in [3.05, 3.63) is 12.2 Å². The molecule has 0 aromatic carbocycles. The van der Waals surface area contributed by atoms with Crippen LogP contribution in [0.3, 0.4) is 0 Å². The van der Waals surface area contributed by atoms with Gasteiger partial charge in [0.05, 0.1) is 5.97 Å². The monoisotopic (exact) mass is 160 g/mol. The van der Waals surface area contributed by atoms with Crippen molar-refractivity contribution in [2.24, 2.45) is 0 Å². The number of carboxylic acid groups (broad SMARTS) is 1. The fourth-order valence-electron chi connectivity index (χ4n) is 0. The number of carbonyl (C=O) groups is 1. The van der Waals surface area contributed by atoms with E-state index in [1.54, 1.807) is 0 Å². The van der Waals surface area contributed by atoms with Gasteiger partial charge in [0.15, 0.2) is 0 Å². The van der Waals surface area contributed by atoms with E-state index in [-0.39, 0.29) is 24.4 Å². The molecule has 0 aromatic rings. The molecule has 0 saturated heterocycles. The van der Waals surface area contributed by atoms with E-state index in [0.717, 1.165) is 0 Å². The third-order valence-electron chi connectivity index (χ3n) is 0.348. The van der Waals surface area contributed by atoms with Crippen LogP contribution < -0.4 is 24.0 Å². The van der Waals surface area contributed by atoms with Crippen LogP contribution in [-0.4, -0.2) is 13.5 Å². The maximum Gasteiger partial charge on any atom is 1.00 e. The molecule has 0 atom stereocenters. The number of halogens is 3. The Hall–Kier alpha value is -0.338. The van der Waals surface area contributed by atoms with E-state index in [1.807, 2.05) is 0 Å². The second-order valence-corrected chi connectivity index (χ2v) is 1.32. The molecule has 0 unspecified atom stereocenters. The van der Waals surface area contributed by atoms with E-state index in [4.69, 9.17) is 0 Å². The smallest absolute Gasteiger partial charge is 0.545 e. The Labute approximate surface area is 74.9 Å². The Balaban J connectivity index is -0.000000114. The predicted octanol–water partition coefficient (Wildman–Crippen LogP) is -2.80. The molecule has 11 heavy (non-hydrogen) atoms. The fourth-order valence-corrected chi connectivity index (χ4v) is 0. The van der Waals surface area contributed by atoms with Gasteiger partial charge >= 0.3 is 26.4 Å². The van der Waals surface area contributed by atoms with Crippen molar-refractivity contribution in [3.8, 4) is 0 Å². The van der Waals surface area contributed by atoms with E-state index in [2.05, 4.69) is 6.58 Å². The molecule has 2 nitrogen and oxygen atoms in total. The van der Waals surface area contributed by atoms with Crippen LogP contribution in [0.5, 0.6) is 0 Å². The SMILES string of the molecule is C=C(C)C(=O)[O-].FB(F)F.[Li+]. The van der Waals surface area contributed by atoms with Crippen molar-refractivity contribution in [2.45, 2.75) is 6.92 Å². The van der Waals surface area contributed by atoms with E-state index in [1.165, 1.54) is 6.92 Å². The quantitative estimate of drug-likeness (QED) is 0.307. The van der Waals surface area contributed by atoms with Gasteiger partial charge in [-0.05, 0) is 12.5 Å². The number of rotatable bonds is 1. The van der Waals surface area contributed by atoms with E-state index in [9.17, 15) is 22.8 Å². The van der Waals surface area contributed by atoms with Crippen molar-refractivity contribution in [1.29, 1.82) is 0 Å². The zero-order chi connectivity index (χ0) is 8.73. The number of aliphatic carboxylic acids is 1. The van der Waals surface area contributed by atoms with Crippen LogP contribution in [0.15, 0.2) is 12.2 Å². The summed E-state index contributed by atoms with van der Waals surface area (Å²) in [6, 6.07) is 0. The maximum atomic E-state index is 9.67. The molecule has 0 bridgehead atoms. The second-order valence-electron chi connectivity index (χ2n) is 1.32. The Morgan fingerprint density at radius 1 is 1.45 bits per heavy atom. The average Bonchev–Trinajstić information content (AvgIpc) is 1.63. The third-order valence-corrected chi connectivity index (χ3v) is 0.348. The minimum atomic E-state index is -3.67. The van der Waals surface area contributed by atoms with Crippen molar-refractivity contribution in [2.75, 3.05) is 0 Å². The summed E-state index contributed by atoms with van der Waals surface area (Å²) in [7, 11) is -3.67. The first-order valence-electron chi connectivity index (χ1n) is 2.17. The number of carboxylic acids is 1. The van der Waals surface area contributed by atoms with Crippen LogP contribution in [-0.2, 0) is 4.79 Å². The average molecular weight is 160 g/mol. The number of hydrogen-bond donors (Lipinski definition) is 0. The first-order chi connectivity index (χ1) is 4.37. The van der Waals surface area contributed by atoms with Crippen LogP contribution in [0.1, 0.15) is 6.92 Å². The molecule has 7 heteroatoms. The molecule has 0 heterocycles. The van der Waals surface area contributed by atoms with Crippen molar-refractivity contribution >= 4 is 13.5 Å². The molecule has 0 aromatic heterocycles. The number of carbonyl (C=O) groups excluding carboxylic acids is 1. The van der Waals surface area contributed by atoms with Crippen LogP contribution >= 0.6 is 0 Å². The zero-order valence-corrected chi connectivity index (χ0v) is 6.23. The first-order valence-corrected chi connectivity index (χ1v) is 2.17. The standard InChI is InChI=1S/C4H6O2.BF3.Li/c1-3(2)4(5)6;2-1(3)4;/h1H2,2H3,(H,5,6);;/q;;+1/p-1. The van der Waals surface area contributed by atoms with Gasteiger partial charge in [-0.25, -0.2) is 0 Å². The van der Waals surface area contributed by atoms with Crippen LogP contribution in [0.2, 0.25) is 0 Å². The summed E-state index contributed by atoms with van der Waals surface area (Å²) in [5.74, 6) is -1.19. The van der Waals surface area contributed by atoms with Crippen LogP contribution in [0.25, 0.3) is 0 Å². The van der Waals surface area contributed by atoms with Gasteiger partial charge in [0.1, 0.15) is 0 Å². The zero-order valence-electron chi connectivity index (χ0n) is 6.23. The summed E-state index contributed by atoms with van der Waals surface area (Å²) >= 11 is 0. The van der Waals surface area contributed by atoms with Gasteiger partial charge in [0.25, 0.3) is 0 Å². The summed E-state index contributed by atoms with van der Waals surface area (Å²) in [6.07, 6.45) is 0. The molecule has 0 rings (SSSR count). The molecule has 0 N–H and O–H groups in total. The summed E-state index contributed by atoms with van der Waals surface area (Å²) < 4.78 is 29.0. The molecule has 0 aliphatic carbocycles. The van der Waals surface area contributed by atoms with Gasteiger partial charge in [-0.2, -0.15) is 0 Å². The second kappa shape index (κ2) is 9.66. The summed E-state index contributed by atoms with van der Waals surface area (Å²) in [4.78, 5) is 9.49. The normalized spacial score (nSPS) is 6.55. The van der Waals surface area contributed by atoms with Gasteiger partial charge in [0, 0.05) is 0 Å². The molecular formula is C4H5BF3LiO2. The van der Waals surface area contributed by atoms with Crippen LogP contribution in [0.4, 0.5) is 12.9 Å². The summed E-state index contributed by atoms with van der Waals surface area (Å²) in [6.45, 7) is 4.48. The Bertz CT molecular complexity index is 116. The third kappa shape index (κ3) is 42.3. The molecule has 0 amide bonds. The molecule has 0 aliphatic rings. The molecule has 0 aliphatic heterocycles. The Morgan fingerprint density at radius 3 is 1.55 bits per heavy atom. The fraction of sp³-hybridized carbons (Fsp3) is 0.250. The molecule has 58 valence electrons. The summed E-state index contributed by atoms with van der Waals surface area (Å²) in [5, 5.41) is 9.49. The first kappa shape index (κ1) is 17.0.